The molecule has 2 nitrogen and oxygen atoms in total. The van der Waals surface area contributed by atoms with Gasteiger partial charge in [-0.25, -0.2) is 4.79 Å². The Balaban J connectivity index is 4.45. The SMILES string of the molecule is CCCCCC(C)(C)CC(C)(CCC)N=C=O. The van der Waals surface area contributed by atoms with Gasteiger partial charge in [0.15, 0.2) is 0 Å². The summed E-state index contributed by atoms with van der Waals surface area (Å²) in [5, 5.41) is 0. The number of hydrogen-bond donors (Lipinski definition) is 0. The van der Waals surface area contributed by atoms with Gasteiger partial charge in [-0.15, -0.1) is 0 Å². The fraction of sp³-hybridized carbons (Fsp3) is 0.933. The number of rotatable bonds is 9. The highest BCUT2D eigenvalue weighted by Gasteiger charge is 2.31. The summed E-state index contributed by atoms with van der Waals surface area (Å²) in [5.74, 6) is 0. The van der Waals surface area contributed by atoms with E-state index in [0.717, 1.165) is 19.3 Å². The first-order valence-corrected chi connectivity index (χ1v) is 6.98. The molecule has 2 heteroatoms. The molecule has 0 rings (SSSR count). The van der Waals surface area contributed by atoms with E-state index in [0.29, 0.717) is 0 Å². The highest BCUT2D eigenvalue weighted by Crippen LogP contribution is 2.37. The number of nitrogens with zero attached hydrogens (tertiary/aromatic N) is 1. The zero-order chi connectivity index (χ0) is 13.4. The monoisotopic (exact) mass is 239 g/mol. The quantitative estimate of drug-likeness (QED) is 0.320. The minimum Gasteiger partial charge on any atom is -0.211 e. The molecule has 0 N–H and O–H groups in total. The van der Waals surface area contributed by atoms with Crippen LogP contribution < -0.4 is 0 Å². The second-order valence-electron chi connectivity index (χ2n) is 6.25. The zero-order valence-electron chi connectivity index (χ0n) is 12.3. The van der Waals surface area contributed by atoms with Crippen LogP contribution in [0.4, 0.5) is 0 Å². The largest absolute Gasteiger partial charge is 0.235 e. The highest BCUT2D eigenvalue weighted by atomic mass is 16.1. The number of unbranched alkanes of at least 4 members (excludes halogenated alkanes) is 2. The molecular formula is C15H29NO. The van der Waals surface area contributed by atoms with Gasteiger partial charge in [0.1, 0.15) is 0 Å². The van der Waals surface area contributed by atoms with E-state index in [-0.39, 0.29) is 11.0 Å². The van der Waals surface area contributed by atoms with Crippen LogP contribution in [0, 0.1) is 5.41 Å². The van der Waals surface area contributed by atoms with Gasteiger partial charge < -0.3 is 0 Å². The van der Waals surface area contributed by atoms with E-state index in [1.165, 1.54) is 25.7 Å². The molecular weight excluding hydrogens is 210 g/mol. The maximum absolute atomic E-state index is 10.5. The lowest BCUT2D eigenvalue weighted by atomic mass is 9.74. The molecule has 1 atom stereocenters. The summed E-state index contributed by atoms with van der Waals surface area (Å²) in [6.45, 7) is 11.0. The van der Waals surface area contributed by atoms with Crippen LogP contribution in [0.25, 0.3) is 0 Å². The Kier molecular flexibility index (Phi) is 7.38. The zero-order valence-corrected chi connectivity index (χ0v) is 12.3. The van der Waals surface area contributed by atoms with E-state index in [1.807, 2.05) is 0 Å². The van der Waals surface area contributed by atoms with Crippen molar-refractivity contribution in [3.63, 3.8) is 0 Å². The van der Waals surface area contributed by atoms with Crippen LogP contribution >= 0.6 is 0 Å². The number of isocyanates is 1. The smallest absolute Gasteiger partial charge is 0.211 e. The predicted molar refractivity (Wildman–Crippen MR) is 74.0 cm³/mol. The molecule has 0 fully saturated rings. The second kappa shape index (κ2) is 7.66. The van der Waals surface area contributed by atoms with Crippen molar-refractivity contribution < 1.29 is 4.79 Å². The second-order valence-corrected chi connectivity index (χ2v) is 6.25. The summed E-state index contributed by atoms with van der Waals surface area (Å²) in [4.78, 5) is 14.6. The van der Waals surface area contributed by atoms with Crippen LogP contribution in [0.2, 0.25) is 0 Å². The van der Waals surface area contributed by atoms with Crippen LogP contribution in [0.3, 0.4) is 0 Å². The number of carbonyl (C=O) groups excluding carboxylic acids is 1. The van der Waals surface area contributed by atoms with E-state index in [9.17, 15) is 4.79 Å². The third-order valence-electron chi connectivity index (χ3n) is 3.42. The minimum atomic E-state index is -0.216. The van der Waals surface area contributed by atoms with E-state index in [2.05, 4.69) is 39.6 Å². The van der Waals surface area contributed by atoms with Crippen molar-refractivity contribution in [1.82, 2.24) is 0 Å². The molecule has 0 aromatic carbocycles. The number of hydrogen-bond acceptors (Lipinski definition) is 2. The Bertz CT molecular complexity index is 254. The van der Waals surface area contributed by atoms with Crippen molar-refractivity contribution in [1.29, 1.82) is 0 Å². The Morgan fingerprint density at radius 2 is 1.65 bits per heavy atom. The molecule has 0 heterocycles. The van der Waals surface area contributed by atoms with Gasteiger partial charge in [0.2, 0.25) is 6.08 Å². The Labute approximate surface area is 107 Å². The van der Waals surface area contributed by atoms with Gasteiger partial charge in [-0.3, -0.25) is 0 Å². The highest BCUT2D eigenvalue weighted by molar-refractivity contribution is 5.34. The van der Waals surface area contributed by atoms with Crippen molar-refractivity contribution in [2.24, 2.45) is 10.4 Å². The van der Waals surface area contributed by atoms with Crippen LogP contribution in [0.5, 0.6) is 0 Å². The first-order chi connectivity index (χ1) is 7.89. The molecule has 0 spiro atoms. The van der Waals surface area contributed by atoms with Crippen molar-refractivity contribution >= 4 is 6.08 Å². The van der Waals surface area contributed by atoms with Gasteiger partial charge in [0.05, 0.1) is 5.54 Å². The molecule has 0 saturated heterocycles. The lowest BCUT2D eigenvalue weighted by Crippen LogP contribution is -2.30. The third-order valence-corrected chi connectivity index (χ3v) is 3.42. The average molecular weight is 239 g/mol. The van der Waals surface area contributed by atoms with Crippen LogP contribution in [-0.2, 0) is 4.79 Å². The topological polar surface area (TPSA) is 29.4 Å². The lowest BCUT2D eigenvalue weighted by molar-refractivity contribution is 0.216. The molecule has 17 heavy (non-hydrogen) atoms. The molecule has 0 amide bonds. The maximum atomic E-state index is 10.5. The molecule has 0 aromatic heterocycles. The third kappa shape index (κ3) is 7.33. The van der Waals surface area contributed by atoms with E-state index in [4.69, 9.17) is 0 Å². The average Bonchev–Trinajstić information content (AvgIpc) is 2.17. The molecule has 0 aliphatic heterocycles. The van der Waals surface area contributed by atoms with Crippen molar-refractivity contribution in [3.8, 4) is 0 Å². The van der Waals surface area contributed by atoms with Crippen molar-refractivity contribution in [2.45, 2.75) is 85.1 Å². The Hall–Kier alpha value is -0.620. The molecule has 0 aliphatic rings. The van der Waals surface area contributed by atoms with Crippen LogP contribution in [-0.4, -0.2) is 11.6 Å². The van der Waals surface area contributed by atoms with Crippen molar-refractivity contribution in [2.75, 3.05) is 0 Å². The van der Waals surface area contributed by atoms with E-state index >= 15 is 0 Å². The van der Waals surface area contributed by atoms with E-state index < -0.39 is 0 Å². The molecule has 1 unspecified atom stereocenters. The molecule has 0 aliphatic carbocycles. The summed E-state index contributed by atoms with van der Waals surface area (Å²) in [7, 11) is 0. The number of aliphatic imine (C=N–C) groups is 1. The van der Waals surface area contributed by atoms with Gasteiger partial charge in [-0.05, 0) is 31.6 Å². The van der Waals surface area contributed by atoms with Gasteiger partial charge in [0, 0.05) is 0 Å². The first-order valence-electron chi connectivity index (χ1n) is 6.98. The lowest BCUT2D eigenvalue weighted by Gasteiger charge is -2.34. The first kappa shape index (κ1) is 16.4. The predicted octanol–water partition coefficient (Wildman–Crippen LogP) is 4.88. The standard InChI is InChI=1S/C15H29NO/c1-6-8-9-11-14(3,4)12-15(5,10-7-2)16-13-17/h6-12H2,1-5H3. The summed E-state index contributed by atoms with van der Waals surface area (Å²) < 4.78 is 0. The Morgan fingerprint density at radius 1 is 1.00 bits per heavy atom. The molecule has 0 bridgehead atoms. The maximum Gasteiger partial charge on any atom is 0.235 e. The molecule has 0 saturated carbocycles. The van der Waals surface area contributed by atoms with Gasteiger partial charge in [-0.2, -0.15) is 4.99 Å². The minimum absolute atomic E-state index is 0.216. The van der Waals surface area contributed by atoms with Gasteiger partial charge >= 0.3 is 0 Å². The normalized spacial score (nSPS) is 15.1. The van der Waals surface area contributed by atoms with Crippen LogP contribution in [0.15, 0.2) is 4.99 Å². The summed E-state index contributed by atoms with van der Waals surface area (Å²) in [6.07, 6.45) is 9.82. The van der Waals surface area contributed by atoms with Gasteiger partial charge in [-0.1, -0.05) is 53.4 Å². The van der Waals surface area contributed by atoms with Crippen molar-refractivity contribution in [3.05, 3.63) is 0 Å². The fourth-order valence-electron chi connectivity index (χ4n) is 2.81. The Morgan fingerprint density at radius 3 is 2.12 bits per heavy atom. The summed E-state index contributed by atoms with van der Waals surface area (Å²) >= 11 is 0. The molecule has 0 radical (unpaired) electrons. The van der Waals surface area contributed by atoms with Gasteiger partial charge in [0.25, 0.3) is 0 Å². The molecule has 0 aromatic rings. The van der Waals surface area contributed by atoms with Crippen LogP contribution in [0.1, 0.15) is 79.6 Å². The molecule has 100 valence electrons. The fourth-order valence-corrected chi connectivity index (χ4v) is 2.81. The summed E-state index contributed by atoms with van der Waals surface area (Å²) in [5.41, 5.74) is 0.0473. The summed E-state index contributed by atoms with van der Waals surface area (Å²) in [6, 6.07) is 0. The van der Waals surface area contributed by atoms with E-state index in [1.54, 1.807) is 6.08 Å².